The molecule has 0 radical (unpaired) electrons. The Labute approximate surface area is 142 Å². The second kappa shape index (κ2) is 9.39. The number of benzene rings is 1. The molecule has 128 valence electrons. The summed E-state index contributed by atoms with van der Waals surface area (Å²) in [6.07, 6.45) is 3.32. The van der Waals surface area contributed by atoms with Gasteiger partial charge in [-0.05, 0) is 30.2 Å². The van der Waals surface area contributed by atoms with Crippen molar-refractivity contribution in [1.82, 2.24) is 15.6 Å². The highest BCUT2D eigenvalue weighted by Crippen LogP contribution is 2.23. The van der Waals surface area contributed by atoms with Crippen molar-refractivity contribution in [3.8, 4) is 11.5 Å². The van der Waals surface area contributed by atoms with Gasteiger partial charge in [-0.25, -0.2) is 0 Å². The summed E-state index contributed by atoms with van der Waals surface area (Å²) in [6, 6.07) is 11.2. The van der Waals surface area contributed by atoms with E-state index in [0.29, 0.717) is 18.7 Å². The van der Waals surface area contributed by atoms with Crippen LogP contribution in [0.25, 0.3) is 0 Å². The van der Waals surface area contributed by atoms with E-state index in [9.17, 15) is 5.11 Å². The minimum Gasteiger partial charge on any atom is -0.508 e. The van der Waals surface area contributed by atoms with E-state index >= 15 is 0 Å². The van der Waals surface area contributed by atoms with Crippen LogP contribution in [0.3, 0.4) is 0 Å². The van der Waals surface area contributed by atoms with E-state index in [-0.39, 0.29) is 5.75 Å². The highest BCUT2D eigenvalue weighted by Gasteiger charge is 2.04. The molecular formula is C18H24N4O2. The van der Waals surface area contributed by atoms with E-state index in [2.05, 4.69) is 20.6 Å². The Morgan fingerprint density at radius 3 is 2.58 bits per heavy atom. The minimum absolute atomic E-state index is 0.245. The largest absolute Gasteiger partial charge is 0.508 e. The fraction of sp³-hybridized carbons (Fsp3) is 0.333. The zero-order valence-corrected chi connectivity index (χ0v) is 14.1. The fourth-order valence-corrected chi connectivity index (χ4v) is 2.27. The van der Waals surface area contributed by atoms with Crippen LogP contribution in [-0.2, 0) is 12.8 Å². The molecule has 0 aliphatic heterocycles. The normalized spacial score (nSPS) is 11.2. The topological polar surface area (TPSA) is 78.8 Å². The van der Waals surface area contributed by atoms with E-state index in [1.54, 1.807) is 26.4 Å². The second-order valence-corrected chi connectivity index (χ2v) is 5.24. The number of pyridine rings is 1. The molecule has 0 spiro atoms. The molecule has 2 aromatic rings. The molecule has 0 fully saturated rings. The molecule has 0 saturated carbocycles. The van der Waals surface area contributed by atoms with Gasteiger partial charge in [0.15, 0.2) is 5.96 Å². The second-order valence-electron chi connectivity index (χ2n) is 5.24. The van der Waals surface area contributed by atoms with Crippen molar-refractivity contribution in [2.45, 2.75) is 12.8 Å². The third-order valence-electron chi connectivity index (χ3n) is 3.60. The SMILES string of the molecule is CN=C(NCCc1ccccn1)NCCc1ccc(OC)cc1O. The summed E-state index contributed by atoms with van der Waals surface area (Å²) in [5.41, 5.74) is 1.91. The van der Waals surface area contributed by atoms with Crippen LogP contribution in [0.4, 0.5) is 0 Å². The summed E-state index contributed by atoms with van der Waals surface area (Å²) in [4.78, 5) is 8.48. The number of aliphatic imine (C=N–C) groups is 1. The zero-order valence-electron chi connectivity index (χ0n) is 14.1. The van der Waals surface area contributed by atoms with E-state index in [1.165, 1.54) is 0 Å². The molecule has 1 aromatic carbocycles. The smallest absolute Gasteiger partial charge is 0.190 e. The number of nitrogens with one attached hydrogen (secondary N) is 2. The Bertz CT molecular complexity index is 659. The molecule has 0 aliphatic carbocycles. The molecule has 0 saturated heterocycles. The molecule has 1 aromatic heterocycles. The summed E-state index contributed by atoms with van der Waals surface area (Å²) < 4.78 is 5.08. The van der Waals surface area contributed by atoms with Crippen LogP contribution >= 0.6 is 0 Å². The summed E-state index contributed by atoms with van der Waals surface area (Å²) >= 11 is 0. The molecule has 0 bridgehead atoms. The lowest BCUT2D eigenvalue weighted by Gasteiger charge is -2.12. The lowest BCUT2D eigenvalue weighted by Crippen LogP contribution is -2.39. The van der Waals surface area contributed by atoms with Crippen LogP contribution < -0.4 is 15.4 Å². The van der Waals surface area contributed by atoms with Gasteiger partial charge in [-0.3, -0.25) is 9.98 Å². The Balaban J connectivity index is 1.73. The van der Waals surface area contributed by atoms with Gasteiger partial charge >= 0.3 is 0 Å². The van der Waals surface area contributed by atoms with Crippen molar-refractivity contribution >= 4 is 5.96 Å². The van der Waals surface area contributed by atoms with Crippen molar-refractivity contribution < 1.29 is 9.84 Å². The zero-order chi connectivity index (χ0) is 17.2. The van der Waals surface area contributed by atoms with E-state index < -0.39 is 0 Å². The quantitative estimate of drug-likeness (QED) is 0.533. The molecular weight excluding hydrogens is 304 g/mol. The lowest BCUT2D eigenvalue weighted by atomic mass is 10.1. The number of hydrogen-bond acceptors (Lipinski definition) is 4. The van der Waals surface area contributed by atoms with Gasteiger partial charge in [-0.15, -0.1) is 0 Å². The molecule has 0 amide bonds. The Kier molecular flexibility index (Phi) is 6.89. The predicted molar refractivity (Wildman–Crippen MR) is 95.7 cm³/mol. The summed E-state index contributed by atoms with van der Waals surface area (Å²) in [5, 5.41) is 16.4. The average molecular weight is 328 g/mol. The number of ether oxygens (including phenoxy) is 1. The fourth-order valence-electron chi connectivity index (χ4n) is 2.27. The number of methoxy groups -OCH3 is 1. The number of aromatic nitrogens is 1. The third-order valence-corrected chi connectivity index (χ3v) is 3.60. The van der Waals surface area contributed by atoms with Crippen molar-refractivity contribution in [2.24, 2.45) is 4.99 Å². The standard InChI is InChI=1S/C18H24N4O2/c1-19-18(22-12-9-15-5-3-4-10-20-15)21-11-8-14-6-7-16(24-2)13-17(14)23/h3-7,10,13,23H,8-9,11-12H2,1-2H3,(H2,19,21,22). The number of phenolic OH excluding ortho intramolecular Hbond substituents is 1. The van der Waals surface area contributed by atoms with Crippen LogP contribution in [-0.4, -0.2) is 43.3 Å². The molecule has 6 heteroatoms. The molecule has 0 atom stereocenters. The third kappa shape index (κ3) is 5.46. The van der Waals surface area contributed by atoms with Crippen molar-refractivity contribution in [1.29, 1.82) is 0 Å². The first-order valence-electron chi connectivity index (χ1n) is 7.93. The first-order chi connectivity index (χ1) is 11.7. The van der Waals surface area contributed by atoms with Crippen LogP contribution in [0, 0.1) is 0 Å². The lowest BCUT2D eigenvalue weighted by molar-refractivity contribution is 0.406. The van der Waals surface area contributed by atoms with Crippen molar-refractivity contribution in [3.63, 3.8) is 0 Å². The van der Waals surface area contributed by atoms with Crippen LogP contribution in [0.2, 0.25) is 0 Å². The summed E-state index contributed by atoms with van der Waals surface area (Å²) in [5.74, 6) is 1.63. The van der Waals surface area contributed by atoms with Crippen LogP contribution in [0.1, 0.15) is 11.3 Å². The number of hydrogen-bond donors (Lipinski definition) is 3. The number of rotatable bonds is 7. The maximum Gasteiger partial charge on any atom is 0.190 e. The van der Waals surface area contributed by atoms with Gasteiger partial charge in [0.2, 0.25) is 0 Å². The molecule has 24 heavy (non-hydrogen) atoms. The first kappa shape index (κ1) is 17.6. The van der Waals surface area contributed by atoms with Gasteiger partial charge < -0.3 is 20.5 Å². The van der Waals surface area contributed by atoms with E-state index in [1.807, 2.05) is 30.3 Å². The maximum absolute atomic E-state index is 9.95. The number of phenols is 1. The van der Waals surface area contributed by atoms with E-state index in [0.717, 1.165) is 30.2 Å². The molecule has 2 rings (SSSR count). The van der Waals surface area contributed by atoms with E-state index in [4.69, 9.17) is 4.74 Å². The molecule has 0 aliphatic rings. The van der Waals surface area contributed by atoms with Crippen molar-refractivity contribution in [2.75, 3.05) is 27.2 Å². The van der Waals surface area contributed by atoms with Gasteiger partial charge in [-0.1, -0.05) is 12.1 Å². The summed E-state index contributed by atoms with van der Waals surface area (Å²) in [6.45, 7) is 1.42. The summed E-state index contributed by atoms with van der Waals surface area (Å²) in [7, 11) is 3.32. The molecule has 6 nitrogen and oxygen atoms in total. The monoisotopic (exact) mass is 328 g/mol. The molecule has 3 N–H and O–H groups in total. The van der Waals surface area contributed by atoms with Crippen molar-refractivity contribution in [3.05, 3.63) is 53.9 Å². The molecule has 0 unspecified atom stereocenters. The van der Waals surface area contributed by atoms with Gasteiger partial charge in [0.25, 0.3) is 0 Å². The van der Waals surface area contributed by atoms with Crippen LogP contribution in [0.5, 0.6) is 11.5 Å². The highest BCUT2D eigenvalue weighted by atomic mass is 16.5. The number of guanidine groups is 1. The van der Waals surface area contributed by atoms with Gasteiger partial charge in [0.1, 0.15) is 11.5 Å². The van der Waals surface area contributed by atoms with Gasteiger partial charge in [0, 0.05) is 44.5 Å². The number of aromatic hydroxyl groups is 1. The van der Waals surface area contributed by atoms with Crippen LogP contribution in [0.15, 0.2) is 47.6 Å². The Morgan fingerprint density at radius 1 is 1.17 bits per heavy atom. The molecule has 1 heterocycles. The van der Waals surface area contributed by atoms with Gasteiger partial charge in [-0.2, -0.15) is 0 Å². The Hall–Kier alpha value is -2.76. The Morgan fingerprint density at radius 2 is 1.96 bits per heavy atom. The minimum atomic E-state index is 0.245. The van der Waals surface area contributed by atoms with Gasteiger partial charge in [0.05, 0.1) is 7.11 Å². The highest BCUT2D eigenvalue weighted by molar-refractivity contribution is 5.79. The predicted octanol–water partition coefficient (Wildman–Crippen LogP) is 1.75. The average Bonchev–Trinajstić information content (AvgIpc) is 2.62. The number of nitrogens with zero attached hydrogens (tertiary/aromatic N) is 2. The first-order valence-corrected chi connectivity index (χ1v) is 7.93. The maximum atomic E-state index is 9.95.